The third-order valence-electron chi connectivity index (χ3n) is 5.01. The van der Waals surface area contributed by atoms with Crippen molar-refractivity contribution in [3.63, 3.8) is 0 Å². The van der Waals surface area contributed by atoms with E-state index in [0.29, 0.717) is 23.4 Å². The number of aromatic nitrogens is 1. The Morgan fingerprint density at radius 3 is 2.56 bits per heavy atom. The first-order chi connectivity index (χ1) is 12.9. The summed E-state index contributed by atoms with van der Waals surface area (Å²) in [5.74, 6) is 0.144. The molecule has 0 radical (unpaired) electrons. The largest absolute Gasteiger partial charge is 0.456 e. The van der Waals surface area contributed by atoms with E-state index >= 15 is 0 Å². The van der Waals surface area contributed by atoms with Crippen LogP contribution in [0.25, 0.3) is 0 Å². The summed E-state index contributed by atoms with van der Waals surface area (Å²) in [6.45, 7) is 0. The molecule has 0 saturated carbocycles. The second kappa shape index (κ2) is 6.84. The predicted molar refractivity (Wildman–Crippen MR) is 91.6 cm³/mol. The van der Waals surface area contributed by atoms with Crippen LogP contribution in [-0.2, 0) is 6.18 Å². The first-order valence-corrected chi connectivity index (χ1v) is 8.75. The highest BCUT2D eigenvalue weighted by molar-refractivity contribution is 5.94. The molecule has 1 aromatic carbocycles. The van der Waals surface area contributed by atoms with Gasteiger partial charge in [-0.2, -0.15) is 13.2 Å². The molecule has 0 aliphatic carbocycles. The van der Waals surface area contributed by atoms with E-state index in [9.17, 15) is 18.0 Å². The smallest absolute Gasteiger partial charge is 0.418 e. The van der Waals surface area contributed by atoms with E-state index in [2.05, 4.69) is 15.6 Å². The van der Waals surface area contributed by atoms with Gasteiger partial charge in [0, 0.05) is 29.9 Å². The number of alkyl halides is 3. The Labute approximate surface area is 153 Å². The number of hydrogen-bond acceptors (Lipinski definition) is 4. The Balaban J connectivity index is 1.39. The van der Waals surface area contributed by atoms with Crippen molar-refractivity contribution in [2.24, 2.45) is 0 Å². The maximum absolute atomic E-state index is 12.7. The van der Waals surface area contributed by atoms with Crippen LogP contribution in [0.4, 0.5) is 13.2 Å². The summed E-state index contributed by atoms with van der Waals surface area (Å²) in [4.78, 5) is 15.9. The number of carbonyl (C=O) groups is 1. The number of pyridine rings is 1. The molecule has 0 unspecified atom stereocenters. The van der Waals surface area contributed by atoms with Crippen molar-refractivity contribution in [1.29, 1.82) is 0 Å². The third-order valence-corrected chi connectivity index (χ3v) is 5.01. The quantitative estimate of drug-likeness (QED) is 0.856. The molecule has 1 amide bonds. The van der Waals surface area contributed by atoms with E-state index in [1.807, 2.05) is 0 Å². The molecular weight excluding hydrogens is 359 g/mol. The summed E-state index contributed by atoms with van der Waals surface area (Å²) < 4.78 is 43.6. The number of ether oxygens (including phenoxy) is 1. The monoisotopic (exact) mass is 377 g/mol. The molecule has 3 atom stereocenters. The average molecular weight is 377 g/mol. The van der Waals surface area contributed by atoms with Crippen LogP contribution in [-0.4, -0.2) is 29.0 Å². The molecule has 4 rings (SSSR count). The van der Waals surface area contributed by atoms with E-state index in [1.54, 1.807) is 24.3 Å². The van der Waals surface area contributed by atoms with E-state index in [0.717, 1.165) is 31.5 Å². The van der Waals surface area contributed by atoms with Crippen LogP contribution in [0.1, 0.15) is 35.2 Å². The van der Waals surface area contributed by atoms with Crippen LogP contribution in [0.15, 0.2) is 42.7 Å². The topological polar surface area (TPSA) is 63.2 Å². The van der Waals surface area contributed by atoms with Crippen molar-refractivity contribution in [2.75, 3.05) is 0 Å². The van der Waals surface area contributed by atoms with Gasteiger partial charge in [-0.15, -0.1) is 0 Å². The fourth-order valence-corrected chi connectivity index (χ4v) is 3.68. The molecule has 2 saturated heterocycles. The van der Waals surface area contributed by atoms with Crippen LogP contribution < -0.4 is 15.4 Å². The zero-order valence-corrected chi connectivity index (χ0v) is 14.3. The molecule has 2 bridgehead atoms. The Morgan fingerprint density at radius 2 is 1.93 bits per heavy atom. The van der Waals surface area contributed by atoms with Crippen LogP contribution in [0.2, 0.25) is 0 Å². The molecule has 3 heterocycles. The van der Waals surface area contributed by atoms with Crippen molar-refractivity contribution in [3.05, 3.63) is 53.9 Å². The van der Waals surface area contributed by atoms with Crippen molar-refractivity contribution in [1.82, 2.24) is 15.6 Å². The molecule has 1 aromatic heterocycles. The van der Waals surface area contributed by atoms with Crippen LogP contribution in [0.3, 0.4) is 0 Å². The van der Waals surface area contributed by atoms with Crippen LogP contribution in [0.5, 0.6) is 11.5 Å². The first kappa shape index (κ1) is 17.8. The minimum atomic E-state index is -4.48. The van der Waals surface area contributed by atoms with Gasteiger partial charge in [0.15, 0.2) is 0 Å². The number of halogens is 3. The highest BCUT2D eigenvalue weighted by atomic mass is 19.4. The van der Waals surface area contributed by atoms with Gasteiger partial charge >= 0.3 is 6.18 Å². The van der Waals surface area contributed by atoms with Crippen molar-refractivity contribution in [2.45, 2.75) is 43.6 Å². The zero-order chi connectivity index (χ0) is 19.0. The molecule has 2 N–H and O–H groups in total. The standard InChI is InChI=1S/C19H18F3N3O2/c20-19(21,22)12-7-15(10-23-9-12)27-14-4-1-11(2-5-14)18(26)25-17-8-13-3-6-16(17)24-13/h1-2,4-5,7,9-10,13,16-17,24H,3,6,8H2,(H,25,26)/t13-,16+,17-/m1/s1. The fraction of sp³-hybridized carbons (Fsp3) is 0.368. The molecule has 142 valence electrons. The summed E-state index contributed by atoms with van der Waals surface area (Å²) in [5, 5.41) is 6.51. The third kappa shape index (κ3) is 3.90. The lowest BCUT2D eigenvalue weighted by atomic mass is 9.95. The Hall–Kier alpha value is -2.61. The van der Waals surface area contributed by atoms with Crippen molar-refractivity contribution in [3.8, 4) is 11.5 Å². The minimum Gasteiger partial charge on any atom is -0.456 e. The van der Waals surface area contributed by atoms with E-state index < -0.39 is 11.7 Å². The van der Waals surface area contributed by atoms with Crippen molar-refractivity contribution >= 4 is 5.91 Å². The Kier molecular flexibility index (Phi) is 4.51. The second-order valence-electron chi connectivity index (χ2n) is 6.90. The number of rotatable bonds is 4. The number of fused-ring (bicyclic) bond motifs is 2. The lowest BCUT2D eigenvalue weighted by Gasteiger charge is -2.21. The minimum absolute atomic E-state index is 0.0184. The van der Waals surface area contributed by atoms with Gasteiger partial charge in [0.2, 0.25) is 0 Å². The molecule has 2 aromatic rings. The Morgan fingerprint density at radius 1 is 1.15 bits per heavy atom. The number of nitrogens with zero attached hydrogens (tertiary/aromatic N) is 1. The lowest BCUT2D eigenvalue weighted by Crippen LogP contribution is -2.42. The summed E-state index contributed by atoms with van der Waals surface area (Å²) in [5.41, 5.74) is -0.400. The highest BCUT2D eigenvalue weighted by Gasteiger charge is 2.39. The summed E-state index contributed by atoms with van der Waals surface area (Å²) >= 11 is 0. The van der Waals surface area contributed by atoms with E-state index in [-0.39, 0.29) is 17.7 Å². The van der Waals surface area contributed by atoms with E-state index in [4.69, 9.17) is 4.74 Å². The van der Waals surface area contributed by atoms with Gasteiger partial charge in [0.05, 0.1) is 11.8 Å². The number of hydrogen-bond donors (Lipinski definition) is 2. The molecule has 2 aliphatic rings. The van der Waals surface area contributed by atoms with Gasteiger partial charge in [-0.3, -0.25) is 9.78 Å². The van der Waals surface area contributed by atoms with Crippen molar-refractivity contribution < 1.29 is 22.7 Å². The molecule has 27 heavy (non-hydrogen) atoms. The molecule has 2 fully saturated rings. The summed E-state index contributed by atoms with van der Waals surface area (Å²) in [6.07, 6.45) is 0.646. The van der Waals surface area contributed by atoms with Crippen LogP contribution >= 0.6 is 0 Å². The Bertz CT molecular complexity index is 839. The zero-order valence-electron chi connectivity index (χ0n) is 14.3. The molecular formula is C19H18F3N3O2. The fourth-order valence-electron chi connectivity index (χ4n) is 3.68. The molecule has 8 heteroatoms. The predicted octanol–water partition coefficient (Wildman–Crippen LogP) is 3.52. The summed E-state index contributed by atoms with van der Waals surface area (Å²) in [6, 6.07) is 8.15. The van der Waals surface area contributed by atoms with Gasteiger partial charge in [-0.05, 0) is 49.6 Å². The highest BCUT2D eigenvalue weighted by Crippen LogP contribution is 2.32. The number of benzene rings is 1. The number of nitrogens with one attached hydrogen (secondary N) is 2. The normalized spacial score (nSPS) is 24.0. The molecule has 2 aliphatic heterocycles. The van der Waals surface area contributed by atoms with E-state index in [1.165, 1.54) is 6.20 Å². The average Bonchev–Trinajstić information content (AvgIpc) is 3.25. The maximum Gasteiger partial charge on any atom is 0.418 e. The van der Waals surface area contributed by atoms with Gasteiger partial charge in [-0.1, -0.05) is 0 Å². The van der Waals surface area contributed by atoms with Gasteiger partial charge in [-0.25, -0.2) is 0 Å². The van der Waals surface area contributed by atoms with Gasteiger partial charge in [0.25, 0.3) is 5.91 Å². The number of amides is 1. The molecule has 0 spiro atoms. The van der Waals surface area contributed by atoms with Gasteiger partial charge < -0.3 is 15.4 Å². The van der Waals surface area contributed by atoms with Crippen LogP contribution in [0, 0.1) is 0 Å². The lowest BCUT2D eigenvalue weighted by molar-refractivity contribution is -0.137. The first-order valence-electron chi connectivity index (χ1n) is 8.75. The SMILES string of the molecule is O=C(N[C@@H]1C[C@H]2CC[C@@H]1N2)c1ccc(Oc2cncc(C(F)(F)F)c2)cc1. The second-order valence-corrected chi connectivity index (χ2v) is 6.90. The maximum atomic E-state index is 12.7. The molecule has 5 nitrogen and oxygen atoms in total. The van der Waals surface area contributed by atoms with Gasteiger partial charge in [0.1, 0.15) is 11.5 Å². The summed E-state index contributed by atoms with van der Waals surface area (Å²) in [7, 11) is 0. The number of carbonyl (C=O) groups excluding carboxylic acids is 1.